The summed E-state index contributed by atoms with van der Waals surface area (Å²) in [5.74, 6) is 0.913. The highest BCUT2D eigenvalue weighted by Crippen LogP contribution is 2.34. The Morgan fingerprint density at radius 1 is 1.50 bits per heavy atom. The van der Waals surface area contributed by atoms with Crippen LogP contribution in [0.4, 0.5) is 5.69 Å². The highest BCUT2D eigenvalue weighted by Gasteiger charge is 2.34. The molecule has 3 rings (SSSR count). The number of nitrogens with one attached hydrogen (secondary N) is 1. The first-order valence-electron chi connectivity index (χ1n) is 6.86. The average molecular weight is 250 g/mol. The van der Waals surface area contributed by atoms with Gasteiger partial charge in [0.05, 0.1) is 25.0 Å². The maximum atomic E-state index is 5.07. The molecule has 1 aliphatic heterocycles. The van der Waals surface area contributed by atoms with Crippen LogP contribution in [-0.4, -0.2) is 49.2 Å². The van der Waals surface area contributed by atoms with Gasteiger partial charge in [-0.05, 0) is 18.8 Å². The first-order valence-corrected chi connectivity index (χ1v) is 6.86. The number of aromatic nitrogens is 2. The minimum absolute atomic E-state index is 0.682. The van der Waals surface area contributed by atoms with Crippen molar-refractivity contribution in [1.29, 1.82) is 0 Å². The molecule has 2 heterocycles. The molecule has 1 aliphatic carbocycles. The molecule has 1 unspecified atom stereocenters. The summed E-state index contributed by atoms with van der Waals surface area (Å²) in [6.07, 6.45) is 6.91. The molecule has 100 valence electrons. The van der Waals surface area contributed by atoms with E-state index in [1.807, 2.05) is 10.9 Å². The van der Waals surface area contributed by atoms with Gasteiger partial charge in [0, 0.05) is 39.0 Å². The van der Waals surface area contributed by atoms with Crippen LogP contribution in [0.25, 0.3) is 0 Å². The van der Waals surface area contributed by atoms with Crippen LogP contribution in [-0.2, 0) is 11.3 Å². The van der Waals surface area contributed by atoms with E-state index in [1.54, 1.807) is 7.11 Å². The smallest absolute Gasteiger partial charge is 0.0753 e. The molecule has 0 spiro atoms. The van der Waals surface area contributed by atoms with Gasteiger partial charge in [0.25, 0.3) is 0 Å². The van der Waals surface area contributed by atoms with Crippen LogP contribution in [0.1, 0.15) is 12.8 Å². The topological polar surface area (TPSA) is 42.3 Å². The van der Waals surface area contributed by atoms with E-state index in [0.717, 1.165) is 32.1 Å². The quantitative estimate of drug-likeness (QED) is 0.836. The molecular weight excluding hydrogens is 228 g/mol. The summed E-state index contributed by atoms with van der Waals surface area (Å²) in [5.41, 5.74) is 1.25. The molecule has 2 aliphatic rings. The molecule has 1 aromatic rings. The van der Waals surface area contributed by atoms with Crippen molar-refractivity contribution >= 4 is 5.69 Å². The van der Waals surface area contributed by atoms with E-state index in [2.05, 4.69) is 21.5 Å². The molecule has 0 radical (unpaired) electrons. The second-order valence-corrected chi connectivity index (χ2v) is 5.30. The van der Waals surface area contributed by atoms with Gasteiger partial charge in [0.15, 0.2) is 0 Å². The maximum Gasteiger partial charge on any atom is 0.0753 e. The van der Waals surface area contributed by atoms with Crippen molar-refractivity contribution in [2.24, 2.45) is 5.92 Å². The zero-order valence-electron chi connectivity index (χ0n) is 11.0. The fraction of sp³-hybridized carbons (Fsp3) is 0.769. The van der Waals surface area contributed by atoms with Crippen molar-refractivity contribution in [3.63, 3.8) is 0 Å². The van der Waals surface area contributed by atoms with Gasteiger partial charge >= 0.3 is 0 Å². The Balaban J connectivity index is 1.60. The van der Waals surface area contributed by atoms with Gasteiger partial charge in [-0.25, -0.2) is 0 Å². The molecule has 0 bridgehead atoms. The van der Waals surface area contributed by atoms with Gasteiger partial charge in [0.1, 0.15) is 0 Å². The van der Waals surface area contributed by atoms with Crippen molar-refractivity contribution in [3.05, 3.63) is 12.4 Å². The van der Waals surface area contributed by atoms with Gasteiger partial charge in [-0.3, -0.25) is 4.68 Å². The number of piperazine rings is 1. The number of methoxy groups -OCH3 is 1. The minimum atomic E-state index is 0.682. The van der Waals surface area contributed by atoms with E-state index in [0.29, 0.717) is 12.6 Å². The number of nitrogens with zero attached hydrogens (tertiary/aromatic N) is 3. The van der Waals surface area contributed by atoms with Crippen molar-refractivity contribution in [1.82, 2.24) is 15.1 Å². The third-order valence-corrected chi connectivity index (χ3v) is 3.91. The largest absolute Gasteiger partial charge is 0.383 e. The second kappa shape index (κ2) is 5.28. The SMILES string of the molecule is COCCn1cc(N2CCNC(C3CC3)C2)cn1. The number of anilines is 1. The average Bonchev–Trinajstić information content (AvgIpc) is 3.16. The Labute approximate surface area is 108 Å². The van der Waals surface area contributed by atoms with E-state index in [9.17, 15) is 0 Å². The lowest BCUT2D eigenvalue weighted by molar-refractivity contribution is 0.183. The third kappa shape index (κ3) is 2.67. The van der Waals surface area contributed by atoms with E-state index in [1.165, 1.54) is 18.5 Å². The van der Waals surface area contributed by atoms with Gasteiger partial charge < -0.3 is 15.0 Å². The molecule has 5 heteroatoms. The van der Waals surface area contributed by atoms with Gasteiger partial charge in [-0.1, -0.05) is 0 Å². The predicted octanol–water partition coefficient (Wildman–Crippen LogP) is 0.718. The minimum Gasteiger partial charge on any atom is -0.383 e. The second-order valence-electron chi connectivity index (χ2n) is 5.30. The van der Waals surface area contributed by atoms with Crippen LogP contribution in [0.2, 0.25) is 0 Å². The number of ether oxygens (including phenoxy) is 1. The molecule has 1 atom stereocenters. The summed E-state index contributed by atoms with van der Waals surface area (Å²) in [4.78, 5) is 2.45. The van der Waals surface area contributed by atoms with Crippen molar-refractivity contribution in [2.45, 2.75) is 25.4 Å². The monoisotopic (exact) mass is 250 g/mol. The fourth-order valence-electron chi connectivity index (χ4n) is 2.65. The number of rotatable bonds is 5. The summed E-state index contributed by atoms with van der Waals surface area (Å²) in [7, 11) is 1.72. The maximum absolute atomic E-state index is 5.07. The van der Waals surface area contributed by atoms with Crippen LogP contribution in [0.15, 0.2) is 12.4 Å². The molecular formula is C13H22N4O. The van der Waals surface area contributed by atoms with E-state index in [-0.39, 0.29) is 0 Å². The summed E-state index contributed by atoms with van der Waals surface area (Å²) in [6, 6.07) is 0.682. The van der Waals surface area contributed by atoms with E-state index >= 15 is 0 Å². The highest BCUT2D eigenvalue weighted by atomic mass is 16.5. The third-order valence-electron chi connectivity index (χ3n) is 3.91. The lowest BCUT2D eigenvalue weighted by atomic mass is 10.1. The molecule has 5 nitrogen and oxygen atoms in total. The van der Waals surface area contributed by atoms with Crippen LogP contribution in [0, 0.1) is 5.92 Å². The standard InChI is InChI=1S/C13H22N4O/c1-18-7-6-17-9-12(8-15-17)16-5-4-14-13(10-16)11-2-3-11/h8-9,11,13-14H,2-7,10H2,1H3. The van der Waals surface area contributed by atoms with Crippen molar-refractivity contribution < 1.29 is 4.74 Å². The van der Waals surface area contributed by atoms with Crippen LogP contribution in [0.5, 0.6) is 0 Å². The van der Waals surface area contributed by atoms with Crippen molar-refractivity contribution in [2.75, 3.05) is 38.3 Å². The van der Waals surface area contributed by atoms with Gasteiger partial charge in [-0.15, -0.1) is 0 Å². The molecule has 0 aromatic carbocycles. The predicted molar refractivity (Wildman–Crippen MR) is 70.8 cm³/mol. The normalized spacial score (nSPS) is 24.5. The van der Waals surface area contributed by atoms with Crippen LogP contribution < -0.4 is 10.2 Å². The Morgan fingerprint density at radius 3 is 3.17 bits per heavy atom. The summed E-state index contributed by atoms with van der Waals surface area (Å²) in [6.45, 7) is 4.84. The summed E-state index contributed by atoms with van der Waals surface area (Å²) in [5, 5.41) is 8.02. The lowest BCUT2D eigenvalue weighted by Crippen LogP contribution is -2.51. The van der Waals surface area contributed by atoms with Gasteiger partial charge in [0.2, 0.25) is 0 Å². The van der Waals surface area contributed by atoms with Gasteiger partial charge in [-0.2, -0.15) is 5.10 Å². The molecule has 1 saturated heterocycles. The molecule has 2 fully saturated rings. The zero-order valence-corrected chi connectivity index (χ0v) is 11.0. The highest BCUT2D eigenvalue weighted by molar-refractivity contribution is 5.43. The van der Waals surface area contributed by atoms with Crippen LogP contribution in [0.3, 0.4) is 0 Å². The lowest BCUT2D eigenvalue weighted by Gasteiger charge is -2.34. The molecule has 1 aromatic heterocycles. The number of hydrogen-bond donors (Lipinski definition) is 1. The Kier molecular flexibility index (Phi) is 3.52. The fourth-order valence-corrected chi connectivity index (χ4v) is 2.65. The first kappa shape index (κ1) is 12.0. The first-order chi connectivity index (χ1) is 8.86. The zero-order chi connectivity index (χ0) is 12.4. The van der Waals surface area contributed by atoms with Crippen LogP contribution >= 0.6 is 0 Å². The molecule has 18 heavy (non-hydrogen) atoms. The molecule has 0 amide bonds. The molecule has 1 N–H and O–H groups in total. The Hall–Kier alpha value is -1.07. The Morgan fingerprint density at radius 2 is 2.39 bits per heavy atom. The van der Waals surface area contributed by atoms with E-state index in [4.69, 9.17) is 4.74 Å². The number of hydrogen-bond acceptors (Lipinski definition) is 4. The van der Waals surface area contributed by atoms with E-state index < -0.39 is 0 Å². The summed E-state index contributed by atoms with van der Waals surface area (Å²) >= 11 is 0. The van der Waals surface area contributed by atoms with Crippen molar-refractivity contribution in [3.8, 4) is 0 Å². The molecule has 1 saturated carbocycles. The summed E-state index contributed by atoms with van der Waals surface area (Å²) < 4.78 is 7.04. The Bertz CT molecular complexity index is 388.